The fourth-order valence-corrected chi connectivity index (χ4v) is 9.41. The van der Waals surface area contributed by atoms with E-state index in [0.29, 0.717) is 85.4 Å². The van der Waals surface area contributed by atoms with Crippen LogP contribution in [-0.2, 0) is 33.9 Å². The number of carbonyl (C=O) groups is 3. The summed E-state index contributed by atoms with van der Waals surface area (Å²) in [6.45, 7) is 2.59. The summed E-state index contributed by atoms with van der Waals surface area (Å²) in [5.41, 5.74) is 2.38. The van der Waals surface area contributed by atoms with Crippen molar-refractivity contribution in [1.82, 2.24) is 30.9 Å². The molecule has 352 valence electrons. The number of ether oxygens (including phenoxy) is 7. The first-order chi connectivity index (χ1) is 31.2. The van der Waals surface area contributed by atoms with Gasteiger partial charge in [-0.3, -0.25) is 9.59 Å². The highest BCUT2D eigenvalue weighted by Gasteiger charge is 2.42. The smallest absolute Gasteiger partial charge is 0.315 e. The van der Waals surface area contributed by atoms with Crippen molar-refractivity contribution in [2.75, 3.05) is 61.1 Å². The summed E-state index contributed by atoms with van der Waals surface area (Å²) in [7, 11) is 7.79. The lowest BCUT2D eigenvalue weighted by Crippen LogP contribution is -2.36. The summed E-state index contributed by atoms with van der Waals surface area (Å²) in [5, 5.41) is 18.0. The summed E-state index contributed by atoms with van der Waals surface area (Å²) in [6, 6.07) is 7.73. The third-order valence-corrected chi connectivity index (χ3v) is 12.9. The van der Waals surface area contributed by atoms with Crippen LogP contribution in [0.4, 0.5) is 4.79 Å². The summed E-state index contributed by atoms with van der Waals surface area (Å²) < 4.78 is 41.2. The molecule has 0 aliphatic carbocycles. The van der Waals surface area contributed by atoms with Crippen molar-refractivity contribution >= 4 is 35.6 Å². The van der Waals surface area contributed by atoms with Gasteiger partial charge in [0, 0.05) is 37.0 Å². The van der Waals surface area contributed by atoms with Crippen LogP contribution in [0.1, 0.15) is 100 Å². The number of ketones is 1. The van der Waals surface area contributed by atoms with Crippen LogP contribution in [0, 0.1) is 0 Å². The molecule has 17 heteroatoms. The van der Waals surface area contributed by atoms with E-state index in [9.17, 15) is 14.4 Å². The highest BCUT2D eigenvalue weighted by molar-refractivity contribution is 8.00. The Kier molecular flexibility index (Phi) is 21.2. The van der Waals surface area contributed by atoms with E-state index in [4.69, 9.17) is 33.2 Å². The Morgan fingerprint density at radius 1 is 0.797 bits per heavy atom. The van der Waals surface area contributed by atoms with Gasteiger partial charge in [0.2, 0.25) is 17.4 Å². The molecule has 0 spiro atoms. The zero-order chi connectivity index (χ0) is 45.5. The Morgan fingerprint density at radius 3 is 2.16 bits per heavy atom. The normalized spacial score (nSPS) is 16.6. The molecular formula is C47H68N6O10S. The second-order valence-electron chi connectivity index (χ2n) is 16.0. The van der Waals surface area contributed by atoms with Gasteiger partial charge in [0.05, 0.1) is 67.0 Å². The molecule has 2 aliphatic rings. The van der Waals surface area contributed by atoms with E-state index < -0.39 is 0 Å². The van der Waals surface area contributed by atoms with E-state index in [1.807, 2.05) is 30.1 Å². The highest BCUT2D eigenvalue weighted by atomic mass is 32.2. The number of fused-ring (bicyclic) bond motifs is 1. The van der Waals surface area contributed by atoms with Crippen LogP contribution in [0.3, 0.4) is 0 Å². The quantitative estimate of drug-likeness (QED) is 0.0328. The summed E-state index contributed by atoms with van der Waals surface area (Å²) >= 11 is 1.93. The average molecular weight is 909 g/mol. The molecule has 16 nitrogen and oxygen atoms in total. The van der Waals surface area contributed by atoms with Crippen molar-refractivity contribution in [3.05, 3.63) is 53.4 Å². The lowest BCUT2D eigenvalue weighted by Gasteiger charge is -2.16. The summed E-state index contributed by atoms with van der Waals surface area (Å²) in [6.07, 6.45) is 18.6. The number of methoxy groups -OCH3 is 5. The van der Waals surface area contributed by atoms with Gasteiger partial charge in [0.25, 0.3) is 0 Å². The van der Waals surface area contributed by atoms with Crippen LogP contribution < -0.4 is 44.4 Å². The SMILES string of the molecule is COc1cc(CCC(=O)/C=C/c2cc(OC)c(OCCn3cc(COCCCCCCCCCCNC(=O)CCCC[C@@H]4SC[C@@H]5NC(=O)N[C@@H]54)nn3)c(OC)c2)cc(OC)c1OC. The van der Waals surface area contributed by atoms with Crippen LogP contribution in [-0.4, -0.2) is 111 Å². The number of urea groups is 1. The topological polar surface area (TPSA) is 183 Å². The molecule has 3 aromatic rings. The third-order valence-electron chi connectivity index (χ3n) is 11.4. The van der Waals surface area contributed by atoms with Crippen LogP contribution in [0.5, 0.6) is 34.5 Å². The van der Waals surface area contributed by atoms with Crippen LogP contribution >= 0.6 is 11.8 Å². The minimum atomic E-state index is -0.0464. The minimum Gasteiger partial charge on any atom is -0.493 e. The van der Waals surface area contributed by atoms with E-state index in [2.05, 4.69) is 26.3 Å². The average Bonchev–Trinajstić information content (AvgIpc) is 4.03. The van der Waals surface area contributed by atoms with Gasteiger partial charge >= 0.3 is 6.03 Å². The van der Waals surface area contributed by atoms with E-state index in [1.54, 1.807) is 64.5 Å². The molecule has 64 heavy (non-hydrogen) atoms. The van der Waals surface area contributed by atoms with E-state index >= 15 is 0 Å². The number of allylic oxidation sites excluding steroid dienone is 1. The maximum absolute atomic E-state index is 12.8. The number of aryl methyl sites for hydroxylation is 1. The van der Waals surface area contributed by atoms with Gasteiger partial charge < -0.3 is 49.1 Å². The fraction of sp³-hybridized carbons (Fsp3) is 0.596. The van der Waals surface area contributed by atoms with Crippen molar-refractivity contribution in [2.45, 2.75) is 120 Å². The van der Waals surface area contributed by atoms with Crippen LogP contribution in [0.15, 0.2) is 36.5 Å². The zero-order valence-electron chi connectivity index (χ0n) is 38.2. The van der Waals surface area contributed by atoms with Crippen molar-refractivity contribution in [3.8, 4) is 34.5 Å². The Hall–Kier alpha value is -5.16. The largest absolute Gasteiger partial charge is 0.493 e. The lowest BCUT2D eigenvalue weighted by atomic mass is 10.0. The van der Waals surface area contributed by atoms with E-state index in [0.717, 1.165) is 74.1 Å². The van der Waals surface area contributed by atoms with Crippen LogP contribution in [0.25, 0.3) is 6.08 Å². The Balaban J connectivity index is 0.874. The maximum atomic E-state index is 12.8. The molecule has 3 heterocycles. The van der Waals surface area contributed by atoms with Gasteiger partial charge in [-0.25, -0.2) is 9.48 Å². The van der Waals surface area contributed by atoms with Crippen LogP contribution in [0.2, 0.25) is 0 Å². The highest BCUT2D eigenvalue weighted by Crippen LogP contribution is 2.40. The molecule has 0 bridgehead atoms. The predicted octanol–water partition coefficient (Wildman–Crippen LogP) is 7.09. The number of benzene rings is 2. The number of rotatable bonds is 32. The first-order valence-corrected chi connectivity index (χ1v) is 23.6. The number of amides is 3. The van der Waals surface area contributed by atoms with Gasteiger partial charge in [0.15, 0.2) is 28.8 Å². The molecule has 3 amide bonds. The zero-order valence-corrected chi connectivity index (χ0v) is 39.1. The van der Waals surface area contributed by atoms with Crippen molar-refractivity contribution in [1.29, 1.82) is 0 Å². The van der Waals surface area contributed by atoms with Gasteiger partial charge in [-0.15, -0.1) is 5.10 Å². The molecule has 3 atom stereocenters. The molecule has 0 saturated carbocycles. The monoisotopic (exact) mass is 908 g/mol. The standard InChI is InChI=1S/C47H68N6O10S/c1-57-38-26-33(27-39(58-2)45(38)61-5)18-20-36(54)21-19-34-28-40(59-3)46(41(29-34)60-4)63-25-23-53-30-35(51-52-53)31-62-24-15-11-9-7-6-8-10-14-22-48-43(55)17-13-12-16-42-44-37(32-64-42)49-47(56)50-44/h19,21,26-30,37,42,44H,6-18,20,22-25,31-32H2,1-5H3,(H,48,55)(H2,49,50,56)/b21-19+/t37-,42-,44-/m0/s1. The molecule has 5 rings (SSSR count). The molecule has 2 aliphatic heterocycles. The van der Waals surface area contributed by atoms with Crippen molar-refractivity contribution in [3.63, 3.8) is 0 Å². The molecule has 2 aromatic carbocycles. The van der Waals surface area contributed by atoms with Crippen molar-refractivity contribution < 1.29 is 47.5 Å². The number of aromatic nitrogens is 3. The number of nitrogens with zero attached hydrogens (tertiary/aromatic N) is 3. The van der Waals surface area contributed by atoms with Gasteiger partial charge in [-0.2, -0.15) is 11.8 Å². The molecular weight excluding hydrogens is 841 g/mol. The Labute approximate surface area is 382 Å². The fourth-order valence-electron chi connectivity index (χ4n) is 7.87. The van der Waals surface area contributed by atoms with Gasteiger partial charge in [0.1, 0.15) is 12.3 Å². The number of carbonyl (C=O) groups excluding carboxylic acids is 3. The maximum Gasteiger partial charge on any atom is 0.315 e. The number of unbranched alkanes of at least 4 members (excludes halogenated alkanes) is 8. The van der Waals surface area contributed by atoms with E-state index in [-0.39, 0.29) is 29.8 Å². The number of nitrogens with one attached hydrogen (secondary N) is 3. The first kappa shape index (κ1) is 49.8. The van der Waals surface area contributed by atoms with Crippen molar-refractivity contribution in [2.24, 2.45) is 0 Å². The molecule has 2 fully saturated rings. The molecule has 0 radical (unpaired) electrons. The predicted molar refractivity (Wildman–Crippen MR) is 247 cm³/mol. The molecule has 1 aromatic heterocycles. The minimum absolute atomic E-state index is 0.0455. The Bertz CT molecular complexity index is 1910. The number of hydrogen-bond donors (Lipinski definition) is 3. The lowest BCUT2D eigenvalue weighted by molar-refractivity contribution is -0.121. The third kappa shape index (κ3) is 15.8. The molecule has 2 saturated heterocycles. The summed E-state index contributed by atoms with van der Waals surface area (Å²) in [4.78, 5) is 36.6. The molecule has 3 N–H and O–H groups in total. The molecule has 0 unspecified atom stereocenters. The van der Waals surface area contributed by atoms with E-state index in [1.165, 1.54) is 25.7 Å². The second-order valence-corrected chi connectivity index (χ2v) is 17.3. The number of thioether (sulfide) groups is 1. The number of hydrogen-bond acceptors (Lipinski definition) is 13. The van der Waals surface area contributed by atoms with Gasteiger partial charge in [-0.05, 0) is 73.6 Å². The van der Waals surface area contributed by atoms with Gasteiger partial charge in [-0.1, -0.05) is 56.2 Å². The first-order valence-electron chi connectivity index (χ1n) is 22.6. The Morgan fingerprint density at radius 2 is 1.47 bits per heavy atom. The second kappa shape index (κ2) is 27.2. The summed E-state index contributed by atoms with van der Waals surface area (Å²) in [5.74, 6) is 4.08.